The zero-order valence-electron chi connectivity index (χ0n) is 15.9. The van der Waals surface area contributed by atoms with Gasteiger partial charge in [0, 0.05) is 49.5 Å². The van der Waals surface area contributed by atoms with Gasteiger partial charge in [-0.05, 0) is 19.1 Å². The molecule has 1 aliphatic rings. The Bertz CT molecular complexity index is 1020. The first kappa shape index (κ1) is 18.5. The molecule has 0 atom stereocenters. The molecule has 8 heteroatoms. The van der Waals surface area contributed by atoms with E-state index < -0.39 is 0 Å². The summed E-state index contributed by atoms with van der Waals surface area (Å²) in [6.45, 7) is 4.06. The Morgan fingerprint density at radius 2 is 1.86 bits per heavy atom. The Hall–Kier alpha value is -2.87. The average Bonchev–Trinajstić information content (AvgIpc) is 3.33. The molecule has 0 radical (unpaired) electrons. The SMILES string of the molecule is CCOC(=O)N1CCN(C(=O)c2csc(-c3cc4ccccc4n3C)n2)CC1. The number of hydrogen-bond acceptors (Lipinski definition) is 5. The van der Waals surface area contributed by atoms with Gasteiger partial charge in [0.1, 0.15) is 10.7 Å². The number of nitrogens with zero attached hydrogens (tertiary/aromatic N) is 4. The lowest BCUT2D eigenvalue weighted by Gasteiger charge is -2.33. The second kappa shape index (κ2) is 7.63. The maximum Gasteiger partial charge on any atom is 0.409 e. The Morgan fingerprint density at radius 1 is 1.14 bits per heavy atom. The average molecular weight is 398 g/mol. The topological polar surface area (TPSA) is 67.7 Å². The van der Waals surface area contributed by atoms with Gasteiger partial charge in [0.2, 0.25) is 0 Å². The molecule has 1 fully saturated rings. The van der Waals surface area contributed by atoms with Crippen LogP contribution in [0.2, 0.25) is 0 Å². The summed E-state index contributed by atoms with van der Waals surface area (Å²) in [4.78, 5) is 32.6. The number of hydrogen-bond donors (Lipinski definition) is 0. The van der Waals surface area contributed by atoms with Gasteiger partial charge in [-0.1, -0.05) is 18.2 Å². The highest BCUT2D eigenvalue weighted by Gasteiger charge is 2.27. The number of rotatable bonds is 3. The fourth-order valence-electron chi connectivity index (χ4n) is 3.45. The predicted molar refractivity (Wildman–Crippen MR) is 109 cm³/mol. The van der Waals surface area contributed by atoms with E-state index in [4.69, 9.17) is 4.74 Å². The van der Waals surface area contributed by atoms with Crippen LogP contribution in [0.4, 0.5) is 4.79 Å². The number of fused-ring (bicyclic) bond motifs is 1. The predicted octanol–water partition coefficient (Wildman–Crippen LogP) is 3.22. The molecule has 1 aromatic carbocycles. The van der Waals surface area contributed by atoms with Crippen LogP contribution in [0.1, 0.15) is 17.4 Å². The van der Waals surface area contributed by atoms with Crippen LogP contribution in [0.15, 0.2) is 35.7 Å². The standard InChI is InChI=1S/C20H22N4O3S/c1-3-27-20(26)24-10-8-23(9-11-24)19(25)15-13-28-18(21-15)17-12-14-6-4-5-7-16(14)22(17)2/h4-7,12-13H,3,8-11H2,1-2H3. The van der Waals surface area contributed by atoms with E-state index in [1.807, 2.05) is 24.6 Å². The van der Waals surface area contributed by atoms with Crippen molar-refractivity contribution < 1.29 is 14.3 Å². The van der Waals surface area contributed by atoms with Crippen LogP contribution in [-0.4, -0.2) is 64.1 Å². The van der Waals surface area contributed by atoms with Crippen molar-refractivity contribution in [2.75, 3.05) is 32.8 Å². The molecule has 0 N–H and O–H groups in total. The fourth-order valence-corrected chi connectivity index (χ4v) is 4.30. The summed E-state index contributed by atoms with van der Waals surface area (Å²) in [5.74, 6) is -0.0928. The molecule has 2 amide bonds. The minimum Gasteiger partial charge on any atom is -0.450 e. The van der Waals surface area contributed by atoms with Gasteiger partial charge in [-0.3, -0.25) is 4.79 Å². The highest BCUT2D eigenvalue weighted by molar-refractivity contribution is 7.13. The number of ether oxygens (including phenoxy) is 1. The summed E-state index contributed by atoms with van der Waals surface area (Å²) in [7, 11) is 2.01. The zero-order chi connectivity index (χ0) is 19.7. The van der Waals surface area contributed by atoms with Gasteiger partial charge in [0.05, 0.1) is 12.3 Å². The molecule has 3 aromatic rings. The molecule has 1 saturated heterocycles. The monoisotopic (exact) mass is 398 g/mol. The van der Waals surface area contributed by atoms with Crippen LogP contribution in [-0.2, 0) is 11.8 Å². The molecule has 0 aliphatic carbocycles. The number of aryl methyl sites for hydroxylation is 1. The molecule has 1 aliphatic heterocycles. The lowest BCUT2D eigenvalue weighted by Crippen LogP contribution is -2.50. The van der Waals surface area contributed by atoms with Crippen molar-refractivity contribution in [3.63, 3.8) is 0 Å². The third kappa shape index (κ3) is 3.35. The molecular formula is C20H22N4O3S. The fraction of sp³-hybridized carbons (Fsp3) is 0.350. The summed E-state index contributed by atoms with van der Waals surface area (Å²) < 4.78 is 7.12. The molecule has 4 rings (SSSR count). The molecule has 28 heavy (non-hydrogen) atoms. The van der Waals surface area contributed by atoms with E-state index >= 15 is 0 Å². The van der Waals surface area contributed by atoms with Crippen molar-refractivity contribution in [1.29, 1.82) is 0 Å². The lowest BCUT2D eigenvalue weighted by atomic mass is 10.2. The second-order valence-electron chi connectivity index (χ2n) is 6.66. The quantitative estimate of drug-likeness (QED) is 0.679. The third-order valence-corrected chi connectivity index (χ3v) is 5.85. The summed E-state index contributed by atoms with van der Waals surface area (Å²) in [5, 5.41) is 3.79. The molecule has 3 heterocycles. The summed E-state index contributed by atoms with van der Waals surface area (Å²) in [6.07, 6.45) is -0.318. The molecule has 7 nitrogen and oxygen atoms in total. The summed E-state index contributed by atoms with van der Waals surface area (Å²) in [5.41, 5.74) is 2.59. The Kier molecular flexibility index (Phi) is 5.04. The van der Waals surface area contributed by atoms with Crippen molar-refractivity contribution in [2.24, 2.45) is 7.05 Å². The Balaban J connectivity index is 1.48. The number of para-hydroxylation sites is 1. The van der Waals surface area contributed by atoms with Crippen LogP contribution in [0, 0.1) is 0 Å². The van der Waals surface area contributed by atoms with Crippen LogP contribution >= 0.6 is 11.3 Å². The summed E-state index contributed by atoms with van der Waals surface area (Å²) >= 11 is 1.47. The van der Waals surface area contributed by atoms with Crippen molar-refractivity contribution in [1.82, 2.24) is 19.4 Å². The Morgan fingerprint density at radius 3 is 2.57 bits per heavy atom. The van der Waals surface area contributed by atoms with Crippen molar-refractivity contribution in [3.8, 4) is 10.7 Å². The molecule has 0 saturated carbocycles. The zero-order valence-corrected chi connectivity index (χ0v) is 16.7. The first-order valence-electron chi connectivity index (χ1n) is 9.30. The highest BCUT2D eigenvalue weighted by atomic mass is 32.1. The van der Waals surface area contributed by atoms with E-state index in [0.717, 1.165) is 21.6 Å². The van der Waals surface area contributed by atoms with Gasteiger partial charge in [0.15, 0.2) is 0 Å². The first-order chi connectivity index (χ1) is 13.6. The normalized spacial score (nSPS) is 14.5. The van der Waals surface area contributed by atoms with Crippen LogP contribution in [0.5, 0.6) is 0 Å². The van der Waals surface area contributed by atoms with Crippen LogP contribution < -0.4 is 0 Å². The van der Waals surface area contributed by atoms with Crippen LogP contribution in [0.25, 0.3) is 21.6 Å². The maximum absolute atomic E-state index is 12.8. The molecule has 0 spiro atoms. The van der Waals surface area contributed by atoms with Crippen LogP contribution in [0.3, 0.4) is 0 Å². The van der Waals surface area contributed by atoms with Gasteiger partial charge in [0.25, 0.3) is 5.91 Å². The molecule has 146 valence electrons. The van der Waals surface area contributed by atoms with E-state index in [1.54, 1.807) is 16.7 Å². The largest absolute Gasteiger partial charge is 0.450 e. The van der Waals surface area contributed by atoms with Crippen molar-refractivity contribution in [2.45, 2.75) is 6.92 Å². The van der Waals surface area contributed by atoms with Gasteiger partial charge in [-0.2, -0.15) is 0 Å². The lowest BCUT2D eigenvalue weighted by molar-refractivity contribution is 0.0566. The molecule has 0 bridgehead atoms. The maximum atomic E-state index is 12.8. The second-order valence-corrected chi connectivity index (χ2v) is 7.52. The number of carbonyl (C=O) groups is 2. The van der Waals surface area contributed by atoms with E-state index in [0.29, 0.717) is 38.5 Å². The molecule has 2 aromatic heterocycles. The molecular weight excluding hydrogens is 376 g/mol. The van der Waals surface area contributed by atoms with E-state index in [2.05, 4.69) is 27.8 Å². The number of aromatic nitrogens is 2. The van der Waals surface area contributed by atoms with Gasteiger partial charge >= 0.3 is 6.09 Å². The molecule has 0 unspecified atom stereocenters. The van der Waals surface area contributed by atoms with Crippen molar-refractivity contribution >= 4 is 34.2 Å². The first-order valence-corrected chi connectivity index (χ1v) is 10.2. The number of amides is 2. The van der Waals surface area contributed by atoms with Gasteiger partial charge in [-0.15, -0.1) is 11.3 Å². The smallest absolute Gasteiger partial charge is 0.409 e. The van der Waals surface area contributed by atoms with E-state index in [-0.39, 0.29) is 12.0 Å². The minimum atomic E-state index is -0.318. The van der Waals surface area contributed by atoms with E-state index in [9.17, 15) is 9.59 Å². The summed E-state index contributed by atoms with van der Waals surface area (Å²) in [6, 6.07) is 10.3. The number of thiazole rings is 1. The highest BCUT2D eigenvalue weighted by Crippen LogP contribution is 2.29. The Labute approximate surface area is 167 Å². The van der Waals surface area contributed by atoms with Gasteiger partial charge < -0.3 is 19.1 Å². The minimum absolute atomic E-state index is 0.0928. The third-order valence-electron chi connectivity index (χ3n) is 4.99. The van der Waals surface area contributed by atoms with E-state index in [1.165, 1.54) is 11.3 Å². The number of piperazine rings is 1. The van der Waals surface area contributed by atoms with Crippen molar-refractivity contribution in [3.05, 3.63) is 41.4 Å². The number of carbonyl (C=O) groups excluding carboxylic acids is 2. The number of benzene rings is 1. The van der Waals surface area contributed by atoms with Gasteiger partial charge in [-0.25, -0.2) is 9.78 Å².